The minimum atomic E-state index is 0.431. The molecule has 2 saturated heterocycles. The summed E-state index contributed by atoms with van der Waals surface area (Å²) >= 11 is 0. The van der Waals surface area contributed by atoms with Crippen molar-refractivity contribution in [2.75, 3.05) is 66.7 Å². The molecule has 6 nitrogen and oxygen atoms in total. The minimum Gasteiger partial charge on any atom is -0.385 e. The molecule has 0 aromatic heterocycles. The zero-order valence-electron chi connectivity index (χ0n) is 18.3. The fourth-order valence-corrected chi connectivity index (χ4v) is 3.57. The lowest BCUT2D eigenvalue weighted by Crippen LogP contribution is -2.34. The highest BCUT2D eigenvalue weighted by atomic mass is 16.5. The molecule has 164 valence electrons. The lowest BCUT2D eigenvalue weighted by molar-refractivity contribution is -0.122. The number of piperidine rings is 2. The topological polar surface area (TPSA) is 59.1 Å². The smallest absolute Gasteiger partial charge is 0.135 e. The second-order valence-corrected chi connectivity index (χ2v) is 7.87. The number of carbonyl (C=O) groups excluding carboxylic acids is 2. The van der Waals surface area contributed by atoms with Crippen molar-refractivity contribution in [2.45, 2.75) is 64.2 Å². The Bertz CT molecular complexity index is 359. The van der Waals surface area contributed by atoms with Crippen molar-refractivity contribution >= 4 is 11.6 Å². The van der Waals surface area contributed by atoms with Crippen molar-refractivity contribution in [3.05, 3.63) is 0 Å². The molecule has 0 N–H and O–H groups in total. The van der Waals surface area contributed by atoms with Gasteiger partial charge in [0.1, 0.15) is 11.6 Å². The zero-order chi connectivity index (χ0) is 20.5. The van der Waals surface area contributed by atoms with Crippen LogP contribution in [0.2, 0.25) is 0 Å². The monoisotopic (exact) mass is 398 g/mol. The van der Waals surface area contributed by atoms with Gasteiger partial charge in [0.15, 0.2) is 0 Å². The number of hydrogen-bond acceptors (Lipinski definition) is 6. The summed E-state index contributed by atoms with van der Waals surface area (Å²) in [4.78, 5) is 26.8. The summed E-state index contributed by atoms with van der Waals surface area (Å²) in [6.07, 6.45) is 10.3. The molecule has 2 aliphatic heterocycles. The van der Waals surface area contributed by atoms with E-state index in [1.165, 1.54) is 25.7 Å². The number of ether oxygens (including phenoxy) is 2. The van der Waals surface area contributed by atoms with Crippen LogP contribution < -0.4 is 0 Å². The van der Waals surface area contributed by atoms with Crippen LogP contribution in [0.1, 0.15) is 64.2 Å². The summed E-state index contributed by atoms with van der Waals surface area (Å²) in [7, 11) is 3.49. The van der Waals surface area contributed by atoms with Gasteiger partial charge in [-0.2, -0.15) is 0 Å². The summed E-state index contributed by atoms with van der Waals surface area (Å²) in [6.45, 7) is 7.95. The van der Waals surface area contributed by atoms with E-state index in [-0.39, 0.29) is 0 Å². The Hall–Kier alpha value is -0.820. The van der Waals surface area contributed by atoms with Crippen molar-refractivity contribution in [1.82, 2.24) is 9.80 Å². The fraction of sp³-hybridized carbons (Fsp3) is 0.909. The van der Waals surface area contributed by atoms with Crippen LogP contribution in [-0.2, 0) is 19.1 Å². The van der Waals surface area contributed by atoms with E-state index in [4.69, 9.17) is 9.47 Å². The predicted molar refractivity (Wildman–Crippen MR) is 113 cm³/mol. The van der Waals surface area contributed by atoms with Crippen LogP contribution in [0.25, 0.3) is 0 Å². The van der Waals surface area contributed by atoms with Crippen molar-refractivity contribution in [3.8, 4) is 0 Å². The molecular formula is C22H42N2O4. The molecule has 6 heteroatoms. The Balaban J connectivity index is 0.000000280. The first-order valence-electron chi connectivity index (χ1n) is 11.1. The third kappa shape index (κ3) is 13.4. The van der Waals surface area contributed by atoms with Gasteiger partial charge in [0.2, 0.25) is 0 Å². The van der Waals surface area contributed by atoms with E-state index in [1.54, 1.807) is 14.2 Å². The van der Waals surface area contributed by atoms with Crippen LogP contribution >= 0.6 is 0 Å². The second kappa shape index (κ2) is 17.1. The lowest BCUT2D eigenvalue weighted by atomic mass is 10.1. The molecule has 0 spiro atoms. The van der Waals surface area contributed by atoms with E-state index in [0.29, 0.717) is 11.6 Å². The molecule has 0 bridgehead atoms. The maximum Gasteiger partial charge on any atom is 0.135 e. The molecule has 28 heavy (non-hydrogen) atoms. The van der Waals surface area contributed by atoms with Gasteiger partial charge in [-0.3, -0.25) is 9.59 Å². The summed E-state index contributed by atoms with van der Waals surface area (Å²) in [5, 5.41) is 0. The molecule has 0 aromatic rings. The standard InChI is InChI=1S/2C11H21NO2/c2*1-14-10-4-2-3-7-12-8-5-11(13)6-9-12/h2*2-10H2,1H3. The summed E-state index contributed by atoms with van der Waals surface area (Å²) < 4.78 is 9.98. The van der Waals surface area contributed by atoms with E-state index in [1.807, 2.05) is 0 Å². The number of likely N-dealkylation sites (tertiary alicyclic amines) is 2. The van der Waals surface area contributed by atoms with Gasteiger partial charge in [0.25, 0.3) is 0 Å². The van der Waals surface area contributed by atoms with Crippen LogP contribution in [0.5, 0.6) is 0 Å². The van der Waals surface area contributed by atoms with E-state index >= 15 is 0 Å². The number of unbranched alkanes of at least 4 members (excludes halogenated alkanes) is 4. The largest absolute Gasteiger partial charge is 0.385 e. The first kappa shape index (κ1) is 25.2. The van der Waals surface area contributed by atoms with Gasteiger partial charge in [-0.15, -0.1) is 0 Å². The molecule has 0 amide bonds. The van der Waals surface area contributed by atoms with Gasteiger partial charge in [-0.1, -0.05) is 0 Å². The maximum atomic E-state index is 11.0. The van der Waals surface area contributed by atoms with E-state index in [9.17, 15) is 9.59 Å². The van der Waals surface area contributed by atoms with Crippen molar-refractivity contribution in [2.24, 2.45) is 0 Å². The van der Waals surface area contributed by atoms with Crippen LogP contribution in [0.4, 0.5) is 0 Å². The second-order valence-electron chi connectivity index (χ2n) is 7.87. The number of hydrogen-bond donors (Lipinski definition) is 0. The molecular weight excluding hydrogens is 356 g/mol. The molecule has 0 unspecified atom stereocenters. The molecule has 2 fully saturated rings. The molecule has 2 rings (SSSR count). The molecule has 0 radical (unpaired) electrons. The summed E-state index contributed by atoms with van der Waals surface area (Å²) in [5.41, 5.74) is 0. The molecule has 2 heterocycles. The molecule has 0 aromatic carbocycles. The number of ketones is 2. The number of rotatable bonds is 12. The lowest BCUT2D eigenvalue weighted by Gasteiger charge is -2.25. The Morgan fingerprint density at radius 1 is 0.607 bits per heavy atom. The van der Waals surface area contributed by atoms with Crippen LogP contribution in [0.15, 0.2) is 0 Å². The minimum absolute atomic E-state index is 0.431. The van der Waals surface area contributed by atoms with Crippen molar-refractivity contribution < 1.29 is 19.1 Å². The third-order valence-electron chi connectivity index (χ3n) is 5.47. The summed E-state index contributed by atoms with van der Waals surface area (Å²) in [5.74, 6) is 0.862. The van der Waals surface area contributed by atoms with Gasteiger partial charge in [-0.25, -0.2) is 0 Å². The van der Waals surface area contributed by atoms with Crippen molar-refractivity contribution in [1.29, 1.82) is 0 Å². The fourth-order valence-electron chi connectivity index (χ4n) is 3.57. The maximum absolute atomic E-state index is 11.0. The van der Waals surface area contributed by atoms with Gasteiger partial charge in [0, 0.05) is 79.3 Å². The highest BCUT2D eigenvalue weighted by Gasteiger charge is 2.15. The highest BCUT2D eigenvalue weighted by molar-refractivity contribution is 5.79. The number of methoxy groups -OCH3 is 2. The van der Waals surface area contributed by atoms with Crippen LogP contribution in [0.3, 0.4) is 0 Å². The average molecular weight is 399 g/mol. The normalized spacial score (nSPS) is 18.8. The van der Waals surface area contributed by atoms with Gasteiger partial charge >= 0.3 is 0 Å². The Kier molecular flexibility index (Phi) is 15.4. The number of Topliss-reactive ketones (excluding diaryl/α,β-unsaturated/α-hetero) is 2. The Morgan fingerprint density at radius 2 is 0.964 bits per heavy atom. The molecule has 0 saturated carbocycles. The van der Waals surface area contributed by atoms with Gasteiger partial charge < -0.3 is 19.3 Å². The number of carbonyl (C=O) groups is 2. The van der Waals surface area contributed by atoms with E-state index in [2.05, 4.69) is 9.80 Å². The third-order valence-corrected chi connectivity index (χ3v) is 5.47. The van der Waals surface area contributed by atoms with Gasteiger partial charge in [0.05, 0.1) is 0 Å². The van der Waals surface area contributed by atoms with E-state index < -0.39 is 0 Å². The van der Waals surface area contributed by atoms with Gasteiger partial charge in [-0.05, 0) is 51.6 Å². The molecule has 0 aliphatic carbocycles. The molecule has 2 aliphatic rings. The summed E-state index contributed by atoms with van der Waals surface area (Å²) in [6, 6.07) is 0. The Labute approximate surface area is 171 Å². The number of nitrogens with zero attached hydrogens (tertiary/aromatic N) is 2. The highest BCUT2D eigenvalue weighted by Crippen LogP contribution is 2.08. The predicted octanol–water partition coefficient (Wildman–Crippen LogP) is 2.94. The van der Waals surface area contributed by atoms with E-state index in [0.717, 1.165) is 91.0 Å². The first-order chi connectivity index (χ1) is 13.7. The van der Waals surface area contributed by atoms with Crippen molar-refractivity contribution in [3.63, 3.8) is 0 Å². The zero-order valence-corrected chi connectivity index (χ0v) is 18.3. The SMILES string of the molecule is COCCCCCN1CCC(=O)CC1.COCCCCCN1CCC(=O)CC1. The first-order valence-corrected chi connectivity index (χ1v) is 11.1. The average Bonchev–Trinajstić information content (AvgIpc) is 2.71. The molecule has 0 atom stereocenters. The Morgan fingerprint density at radius 3 is 1.29 bits per heavy atom. The van der Waals surface area contributed by atoms with Crippen LogP contribution in [0, 0.1) is 0 Å². The van der Waals surface area contributed by atoms with Crippen LogP contribution in [-0.4, -0.2) is 88.1 Å². The quantitative estimate of drug-likeness (QED) is 0.471.